The molecule has 0 aliphatic rings. The minimum atomic E-state index is -0.592. The van der Waals surface area contributed by atoms with Gasteiger partial charge in [-0.05, 0) is 32.2 Å². The molecule has 0 aliphatic heterocycles. The molecule has 21 heavy (non-hydrogen) atoms. The van der Waals surface area contributed by atoms with Crippen LogP contribution in [0.15, 0.2) is 0 Å². The Morgan fingerprint density at radius 1 is 1.19 bits per heavy atom. The molecular formula is C14H28N4O3. The zero-order valence-corrected chi connectivity index (χ0v) is 13.4. The third-order valence-corrected chi connectivity index (χ3v) is 3.15. The van der Waals surface area contributed by atoms with Crippen molar-refractivity contribution in [2.75, 3.05) is 13.1 Å². The second-order valence-electron chi connectivity index (χ2n) is 5.38. The molecule has 0 aliphatic carbocycles. The van der Waals surface area contributed by atoms with Gasteiger partial charge < -0.3 is 21.7 Å². The Morgan fingerprint density at radius 2 is 1.81 bits per heavy atom. The summed E-state index contributed by atoms with van der Waals surface area (Å²) in [6.07, 6.45) is 1.04. The van der Waals surface area contributed by atoms with Crippen molar-refractivity contribution in [3.05, 3.63) is 0 Å². The Labute approximate surface area is 126 Å². The quantitative estimate of drug-likeness (QED) is 0.430. The Hall–Kier alpha value is -1.63. The number of hydrogen-bond donors (Lipinski definition) is 4. The first-order valence-electron chi connectivity index (χ1n) is 7.37. The second kappa shape index (κ2) is 10.1. The molecule has 0 saturated carbocycles. The van der Waals surface area contributed by atoms with Crippen molar-refractivity contribution in [2.24, 2.45) is 11.7 Å². The molecule has 5 N–H and O–H groups in total. The third-order valence-electron chi connectivity index (χ3n) is 3.15. The van der Waals surface area contributed by atoms with Crippen molar-refractivity contribution in [3.63, 3.8) is 0 Å². The lowest BCUT2D eigenvalue weighted by molar-refractivity contribution is -0.129. The zero-order chi connectivity index (χ0) is 16.4. The summed E-state index contributed by atoms with van der Waals surface area (Å²) in [5.41, 5.74) is 4.96. The summed E-state index contributed by atoms with van der Waals surface area (Å²) in [6.45, 7) is 8.35. The number of urea groups is 1. The van der Waals surface area contributed by atoms with Crippen molar-refractivity contribution >= 4 is 17.7 Å². The van der Waals surface area contributed by atoms with Crippen molar-refractivity contribution < 1.29 is 14.4 Å². The number of ketones is 1. The van der Waals surface area contributed by atoms with E-state index in [1.54, 1.807) is 0 Å². The topological polar surface area (TPSA) is 113 Å². The number of nitrogens with one attached hydrogen (secondary N) is 3. The van der Waals surface area contributed by atoms with Gasteiger partial charge in [-0.15, -0.1) is 0 Å². The SMILES string of the molecule is CCNC(C(=O)NC(CCCNC(N)=O)C(C)=O)C(C)C. The van der Waals surface area contributed by atoms with Crippen LogP contribution in [0.5, 0.6) is 0 Å². The van der Waals surface area contributed by atoms with Crippen LogP contribution in [0.3, 0.4) is 0 Å². The summed E-state index contributed by atoms with van der Waals surface area (Å²) < 4.78 is 0. The summed E-state index contributed by atoms with van der Waals surface area (Å²) in [7, 11) is 0. The van der Waals surface area contributed by atoms with Gasteiger partial charge in [0, 0.05) is 6.54 Å². The maximum Gasteiger partial charge on any atom is 0.312 e. The van der Waals surface area contributed by atoms with E-state index in [0.717, 1.165) is 0 Å². The van der Waals surface area contributed by atoms with Gasteiger partial charge in [0.2, 0.25) is 5.91 Å². The van der Waals surface area contributed by atoms with Crippen molar-refractivity contribution in [2.45, 2.75) is 52.6 Å². The highest BCUT2D eigenvalue weighted by atomic mass is 16.2. The van der Waals surface area contributed by atoms with E-state index < -0.39 is 12.1 Å². The first-order chi connectivity index (χ1) is 9.79. The predicted molar refractivity (Wildman–Crippen MR) is 81.7 cm³/mol. The number of amides is 3. The molecule has 2 unspecified atom stereocenters. The fraction of sp³-hybridized carbons (Fsp3) is 0.786. The molecule has 0 aromatic carbocycles. The largest absolute Gasteiger partial charge is 0.352 e. The van der Waals surface area contributed by atoms with Gasteiger partial charge >= 0.3 is 6.03 Å². The fourth-order valence-corrected chi connectivity index (χ4v) is 2.01. The first-order valence-corrected chi connectivity index (χ1v) is 7.37. The average molecular weight is 300 g/mol. The number of rotatable bonds is 10. The van der Waals surface area contributed by atoms with Crippen LogP contribution in [-0.2, 0) is 9.59 Å². The van der Waals surface area contributed by atoms with Crippen molar-refractivity contribution in [1.29, 1.82) is 0 Å². The summed E-state index contributed by atoms with van der Waals surface area (Å²) in [6, 6.07) is -1.45. The first kappa shape index (κ1) is 19.4. The Bertz CT molecular complexity index is 358. The molecule has 0 saturated heterocycles. The van der Waals surface area contributed by atoms with Crippen LogP contribution >= 0.6 is 0 Å². The highest BCUT2D eigenvalue weighted by Crippen LogP contribution is 2.04. The predicted octanol–water partition coefficient (Wildman–Crippen LogP) is 0.143. The molecule has 122 valence electrons. The van der Waals surface area contributed by atoms with Crippen LogP contribution in [0.25, 0.3) is 0 Å². The van der Waals surface area contributed by atoms with Crippen LogP contribution in [0.4, 0.5) is 4.79 Å². The van der Waals surface area contributed by atoms with Crippen molar-refractivity contribution in [3.8, 4) is 0 Å². The number of carbonyl (C=O) groups is 3. The lowest BCUT2D eigenvalue weighted by atomic mass is 10.0. The third kappa shape index (κ3) is 8.29. The number of likely N-dealkylation sites (N-methyl/N-ethyl adjacent to an activating group) is 1. The molecular weight excluding hydrogens is 272 g/mol. The van der Waals surface area contributed by atoms with Gasteiger partial charge in [0.25, 0.3) is 0 Å². The standard InChI is InChI=1S/C14H28N4O3/c1-5-16-12(9(2)3)13(20)18-11(10(4)19)7-6-8-17-14(15)21/h9,11-12,16H,5-8H2,1-4H3,(H,18,20)(H3,15,17,21). The summed E-state index contributed by atoms with van der Waals surface area (Å²) in [5.74, 6) is -0.134. The van der Waals surface area contributed by atoms with Gasteiger partial charge in [-0.1, -0.05) is 20.8 Å². The summed E-state index contributed by atoms with van der Waals surface area (Å²) in [5, 5.41) is 8.34. The highest BCUT2D eigenvalue weighted by Gasteiger charge is 2.25. The highest BCUT2D eigenvalue weighted by molar-refractivity contribution is 5.89. The lowest BCUT2D eigenvalue weighted by Crippen LogP contribution is -2.52. The molecule has 0 heterocycles. The molecule has 2 atom stereocenters. The summed E-state index contributed by atoms with van der Waals surface area (Å²) >= 11 is 0. The number of primary amides is 1. The molecule has 0 radical (unpaired) electrons. The monoisotopic (exact) mass is 300 g/mol. The smallest absolute Gasteiger partial charge is 0.312 e. The Kier molecular flexibility index (Phi) is 9.36. The lowest BCUT2D eigenvalue weighted by Gasteiger charge is -2.24. The summed E-state index contributed by atoms with van der Waals surface area (Å²) in [4.78, 5) is 34.4. The van der Waals surface area contributed by atoms with E-state index in [1.807, 2.05) is 20.8 Å². The minimum absolute atomic E-state index is 0.0959. The van der Waals surface area contributed by atoms with Gasteiger partial charge in [0.15, 0.2) is 5.78 Å². The molecule has 7 heteroatoms. The molecule has 0 aromatic rings. The number of Topliss-reactive ketones (excluding diaryl/α,β-unsaturated/α-hetero) is 1. The van der Waals surface area contributed by atoms with Gasteiger partial charge in [-0.25, -0.2) is 4.79 Å². The molecule has 0 bridgehead atoms. The van der Waals surface area contributed by atoms with Crippen LogP contribution in [-0.4, -0.2) is 42.9 Å². The van der Waals surface area contributed by atoms with Crippen LogP contribution in [0.1, 0.15) is 40.5 Å². The van der Waals surface area contributed by atoms with E-state index >= 15 is 0 Å². The molecule has 0 rings (SSSR count). The van der Waals surface area contributed by atoms with Gasteiger partial charge in [-0.3, -0.25) is 9.59 Å². The maximum atomic E-state index is 12.2. The van der Waals surface area contributed by atoms with E-state index in [4.69, 9.17) is 5.73 Å². The minimum Gasteiger partial charge on any atom is -0.352 e. The van der Waals surface area contributed by atoms with Gasteiger partial charge in [0.05, 0.1) is 12.1 Å². The molecule has 3 amide bonds. The zero-order valence-electron chi connectivity index (χ0n) is 13.4. The van der Waals surface area contributed by atoms with E-state index in [9.17, 15) is 14.4 Å². The molecule has 0 aromatic heterocycles. The Balaban J connectivity index is 4.44. The van der Waals surface area contributed by atoms with Crippen LogP contribution in [0, 0.1) is 5.92 Å². The van der Waals surface area contributed by atoms with Crippen LogP contribution in [0.2, 0.25) is 0 Å². The van der Waals surface area contributed by atoms with E-state index in [1.165, 1.54) is 6.92 Å². The molecule has 7 nitrogen and oxygen atoms in total. The van der Waals surface area contributed by atoms with E-state index in [-0.39, 0.29) is 23.7 Å². The van der Waals surface area contributed by atoms with Crippen LogP contribution < -0.4 is 21.7 Å². The Morgan fingerprint density at radius 3 is 2.24 bits per heavy atom. The van der Waals surface area contributed by atoms with Gasteiger partial charge in [-0.2, -0.15) is 0 Å². The second-order valence-corrected chi connectivity index (χ2v) is 5.38. The maximum absolute atomic E-state index is 12.2. The molecule has 0 spiro atoms. The molecule has 0 fully saturated rings. The number of hydrogen-bond acceptors (Lipinski definition) is 4. The number of carbonyl (C=O) groups excluding carboxylic acids is 3. The fourth-order valence-electron chi connectivity index (χ4n) is 2.01. The van der Waals surface area contributed by atoms with E-state index in [0.29, 0.717) is 25.9 Å². The van der Waals surface area contributed by atoms with Crippen molar-refractivity contribution in [1.82, 2.24) is 16.0 Å². The number of nitrogens with two attached hydrogens (primary N) is 1. The van der Waals surface area contributed by atoms with E-state index in [2.05, 4.69) is 16.0 Å². The van der Waals surface area contributed by atoms with Gasteiger partial charge in [0.1, 0.15) is 0 Å². The average Bonchev–Trinajstić information content (AvgIpc) is 2.38. The normalized spacial score (nSPS) is 13.6.